The fourth-order valence-electron chi connectivity index (χ4n) is 1.77. The zero-order chi connectivity index (χ0) is 15.1. The first-order valence-electron chi connectivity index (χ1n) is 6.51. The summed E-state index contributed by atoms with van der Waals surface area (Å²) in [6.45, 7) is 0.942. The first-order valence-corrected chi connectivity index (χ1v) is 6.89. The number of amides is 1. The number of pyridine rings is 2. The summed E-state index contributed by atoms with van der Waals surface area (Å²) in [5.74, 6) is -0.203. The number of carbonyl (C=O) groups is 1. The van der Waals surface area contributed by atoms with Gasteiger partial charge in [-0.1, -0.05) is 23.7 Å². The van der Waals surface area contributed by atoms with Crippen molar-refractivity contribution in [2.75, 3.05) is 13.7 Å². The molecule has 0 atom stereocenters. The van der Waals surface area contributed by atoms with E-state index in [4.69, 9.17) is 16.3 Å². The van der Waals surface area contributed by atoms with Gasteiger partial charge >= 0.3 is 0 Å². The van der Waals surface area contributed by atoms with Crippen LogP contribution >= 0.6 is 11.6 Å². The third-order valence-corrected chi connectivity index (χ3v) is 3.04. The Morgan fingerprint density at radius 1 is 1.38 bits per heavy atom. The number of nitrogens with zero attached hydrogens (tertiary/aromatic N) is 3. The molecule has 0 spiro atoms. The molecule has 0 aliphatic heterocycles. The summed E-state index contributed by atoms with van der Waals surface area (Å²) in [5, 5.41) is 0.455. The number of rotatable bonds is 5. The van der Waals surface area contributed by atoms with Crippen LogP contribution in [0.3, 0.4) is 0 Å². The monoisotopic (exact) mass is 305 g/mol. The van der Waals surface area contributed by atoms with Gasteiger partial charge in [0, 0.05) is 19.5 Å². The minimum atomic E-state index is -0.203. The SMILES string of the molecule is COCCC(=O)/N=c1\ccccn1Cc1ccc(Cl)nc1. The highest BCUT2D eigenvalue weighted by Gasteiger charge is 2.01. The average molecular weight is 306 g/mol. The van der Waals surface area contributed by atoms with Gasteiger partial charge in [-0.15, -0.1) is 0 Å². The molecule has 0 aromatic carbocycles. The van der Waals surface area contributed by atoms with Crippen molar-refractivity contribution in [1.82, 2.24) is 9.55 Å². The molecule has 0 saturated heterocycles. The quantitative estimate of drug-likeness (QED) is 0.794. The lowest BCUT2D eigenvalue weighted by molar-refractivity contribution is -0.118. The first-order chi connectivity index (χ1) is 10.2. The van der Waals surface area contributed by atoms with Gasteiger partial charge in [0.15, 0.2) is 0 Å². The molecule has 2 heterocycles. The van der Waals surface area contributed by atoms with E-state index in [1.54, 1.807) is 25.4 Å². The largest absolute Gasteiger partial charge is 0.384 e. The summed E-state index contributed by atoms with van der Waals surface area (Å²) in [7, 11) is 1.56. The Morgan fingerprint density at radius 3 is 2.95 bits per heavy atom. The first kappa shape index (κ1) is 15.4. The summed E-state index contributed by atoms with van der Waals surface area (Å²) in [6, 6.07) is 9.17. The predicted molar refractivity (Wildman–Crippen MR) is 79.8 cm³/mol. The van der Waals surface area contributed by atoms with Gasteiger partial charge < -0.3 is 9.30 Å². The maximum atomic E-state index is 11.7. The van der Waals surface area contributed by atoms with Crippen LogP contribution in [-0.4, -0.2) is 29.2 Å². The topological polar surface area (TPSA) is 56.5 Å². The van der Waals surface area contributed by atoms with Crippen molar-refractivity contribution in [3.63, 3.8) is 0 Å². The number of methoxy groups -OCH3 is 1. The lowest BCUT2D eigenvalue weighted by Gasteiger charge is -2.07. The van der Waals surface area contributed by atoms with Crippen LogP contribution in [0.15, 0.2) is 47.7 Å². The number of halogens is 1. The van der Waals surface area contributed by atoms with Gasteiger partial charge in [-0.3, -0.25) is 4.79 Å². The van der Waals surface area contributed by atoms with E-state index in [0.29, 0.717) is 23.8 Å². The molecule has 1 amide bonds. The van der Waals surface area contributed by atoms with Crippen molar-refractivity contribution in [3.05, 3.63) is 58.9 Å². The van der Waals surface area contributed by atoms with Crippen LogP contribution in [0, 0.1) is 0 Å². The Labute approximate surface area is 127 Å². The van der Waals surface area contributed by atoms with Crippen LogP contribution < -0.4 is 5.49 Å². The van der Waals surface area contributed by atoms with Crippen LogP contribution in [0.4, 0.5) is 0 Å². The fraction of sp³-hybridized carbons (Fsp3) is 0.267. The average Bonchev–Trinajstić information content (AvgIpc) is 2.49. The molecule has 2 aromatic rings. The molecule has 0 radical (unpaired) electrons. The van der Waals surface area contributed by atoms with Crippen molar-refractivity contribution in [1.29, 1.82) is 0 Å². The number of carbonyl (C=O) groups excluding carboxylic acids is 1. The van der Waals surface area contributed by atoms with Crippen LogP contribution in [-0.2, 0) is 16.1 Å². The molecule has 0 saturated carbocycles. The second-order valence-corrected chi connectivity index (χ2v) is 4.81. The van der Waals surface area contributed by atoms with E-state index >= 15 is 0 Å². The fourth-order valence-corrected chi connectivity index (χ4v) is 1.88. The molecular formula is C15H16ClN3O2. The number of hydrogen-bond acceptors (Lipinski definition) is 3. The van der Waals surface area contributed by atoms with E-state index in [1.165, 1.54) is 0 Å². The minimum absolute atomic E-state index is 0.203. The van der Waals surface area contributed by atoms with Gasteiger partial charge in [-0.25, -0.2) is 4.98 Å². The maximum absolute atomic E-state index is 11.7. The minimum Gasteiger partial charge on any atom is -0.384 e. The molecule has 21 heavy (non-hydrogen) atoms. The zero-order valence-corrected chi connectivity index (χ0v) is 12.5. The molecule has 0 aliphatic carbocycles. The molecule has 6 heteroatoms. The van der Waals surface area contributed by atoms with Crippen molar-refractivity contribution in [2.45, 2.75) is 13.0 Å². The predicted octanol–water partition coefficient (Wildman–Crippen LogP) is 2.05. The summed E-state index contributed by atoms with van der Waals surface area (Å²) < 4.78 is 6.76. The van der Waals surface area contributed by atoms with Crippen LogP contribution in [0.2, 0.25) is 5.15 Å². The van der Waals surface area contributed by atoms with Gasteiger partial charge in [0.05, 0.1) is 19.6 Å². The molecule has 0 bridgehead atoms. The summed E-state index contributed by atoms with van der Waals surface area (Å²) in [6.07, 6.45) is 3.85. The molecule has 2 aromatic heterocycles. The van der Waals surface area contributed by atoms with Gasteiger partial charge in [-0.05, 0) is 23.8 Å². The smallest absolute Gasteiger partial charge is 0.249 e. The Hall–Kier alpha value is -1.98. The van der Waals surface area contributed by atoms with E-state index in [2.05, 4.69) is 9.98 Å². The summed E-state index contributed by atoms with van der Waals surface area (Å²) >= 11 is 5.77. The normalized spacial score (nSPS) is 11.6. The number of ether oxygens (including phenoxy) is 1. The summed E-state index contributed by atoms with van der Waals surface area (Å²) in [5.41, 5.74) is 1.59. The van der Waals surface area contributed by atoms with Gasteiger partial charge in [0.2, 0.25) is 5.91 Å². The molecule has 5 nitrogen and oxygen atoms in total. The van der Waals surface area contributed by atoms with Crippen LogP contribution in [0.1, 0.15) is 12.0 Å². The molecule has 110 valence electrons. The Kier molecular flexibility index (Phi) is 5.66. The lowest BCUT2D eigenvalue weighted by Crippen LogP contribution is -2.22. The molecule has 0 unspecified atom stereocenters. The Morgan fingerprint density at radius 2 is 2.24 bits per heavy atom. The van der Waals surface area contributed by atoms with Crippen LogP contribution in [0.5, 0.6) is 0 Å². The highest BCUT2D eigenvalue weighted by atomic mass is 35.5. The molecule has 2 rings (SSSR count). The third-order valence-electron chi connectivity index (χ3n) is 2.82. The molecular weight excluding hydrogens is 290 g/mol. The van der Waals surface area contributed by atoms with Gasteiger partial charge in [0.1, 0.15) is 10.6 Å². The maximum Gasteiger partial charge on any atom is 0.249 e. The van der Waals surface area contributed by atoms with E-state index in [1.807, 2.05) is 29.0 Å². The number of hydrogen-bond donors (Lipinski definition) is 0. The second kappa shape index (κ2) is 7.71. The van der Waals surface area contributed by atoms with E-state index in [0.717, 1.165) is 5.56 Å². The second-order valence-electron chi connectivity index (χ2n) is 4.42. The zero-order valence-electron chi connectivity index (χ0n) is 11.7. The molecule has 0 N–H and O–H groups in total. The van der Waals surface area contributed by atoms with Crippen molar-refractivity contribution in [3.8, 4) is 0 Å². The lowest BCUT2D eigenvalue weighted by atomic mass is 10.3. The third kappa shape index (κ3) is 4.81. The highest BCUT2D eigenvalue weighted by Crippen LogP contribution is 2.06. The van der Waals surface area contributed by atoms with E-state index in [-0.39, 0.29) is 12.3 Å². The Bertz CT molecular complexity index is 665. The van der Waals surface area contributed by atoms with Gasteiger partial charge in [-0.2, -0.15) is 4.99 Å². The Balaban J connectivity index is 2.22. The van der Waals surface area contributed by atoms with E-state index < -0.39 is 0 Å². The van der Waals surface area contributed by atoms with Crippen molar-refractivity contribution >= 4 is 17.5 Å². The number of aromatic nitrogens is 2. The standard InChI is InChI=1S/C15H16ClN3O2/c1-21-9-7-15(20)18-14-4-2-3-8-19(14)11-12-5-6-13(16)17-10-12/h2-6,8,10H,7,9,11H2,1H3/b18-14+. The van der Waals surface area contributed by atoms with Gasteiger partial charge in [0.25, 0.3) is 0 Å². The molecule has 0 fully saturated rings. The highest BCUT2D eigenvalue weighted by molar-refractivity contribution is 6.29. The van der Waals surface area contributed by atoms with Crippen molar-refractivity contribution in [2.24, 2.45) is 4.99 Å². The van der Waals surface area contributed by atoms with E-state index in [9.17, 15) is 4.79 Å². The summed E-state index contributed by atoms with van der Waals surface area (Å²) in [4.78, 5) is 19.9. The van der Waals surface area contributed by atoms with Crippen molar-refractivity contribution < 1.29 is 9.53 Å². The van der Waals surface area contributed by atoms with Crippen LogP contribution in [0.25, 0.3) is 0 Å². The molecule has 0 aliphatic rings.